The Balaban J connectivity index is 2.15. The Morgan fingerprint density at radius 1 is 1.22 bits per heavy atom. The third kappa shape index (κ3) is 2.50. The van der Waals surface area contributed by atoms with E-state index in [-0.39, 0.29) is 5.69 Å². The van der Waals surface area contributed by atoms with Crippen molar-refractivity contribution in [3.05, 3.63) is 30.1 Å². The molecule has 0 radical (unpaired) electrons. The van der Waals surface area contributed by atoms with E-state index in [4.69, 9.17) is 0 Å². The number of carbonyl (C=O) groups excluding carboxylic acids is 1. The predicted octanol–water partition coefficient (Wildman–Crippen LogP) is 1.60. The van der Waals surface area contributed by atoms with Crippen molar-refractivity contribution in [3.63, 3.8) is 0 Å². The maximum Gasteiger partial charge on any atom is 0.329 e. The highest BCUT2D eigenvalue weighted by atomic mass is 16.4. The largest absolute Gasteiger partial charge is 0.480 e. The van der Waals surface area contributed by atoms with E-state index < -0.39 is 17.4 Å². The Hall–Kier alpha value is -1.91. The molecule has 96 valence electrons. The third-order valence-electron chi connectivity index (χ3n) is 3.37. The van der Waals surface area contributed by atoms with Crippen LogP contribution < -0.4 is 5.32 Å². The lowest BCUT2D eigenvalue weighted by Gasteiger charge is -2.33. The van der Waals surface area contributed by atoms with Crippen LogP contribution in [0.15, 0.2) is 24.4 Å². The fourth-order valence-electron chi connectivity index (χ4n) is 2.33. The first-order valence-electron chi connectivity index (χ1n) is 6.11. The zero-order chi connectivity index (χ0) is 13.0. The van der Waals surface area contributed by atoms with Gasteiger partial charge in [-0.25, -0.2) is 4.79 Å². The summed E-state index contributed by atoms with van der Waals surface area (Å²) in [5.74, 6) is -1.37. The molecule has 2 rings (SSSR count). The molecule has 0 aliphatic heterocycles. The standard InChI is InChI=1S/C13H16N2O3/c16-11(10-6-2-5-9-14-10)15-13(12(17)18)7-3-1-4-8-13/h2,5-6,9H,1,3-4,7-8H2,(H,15,16)(H,17,18). The summed E-state index contributed by atoms with van der Waals surface area (Å²) in [4.78, 5) is 27.3. The molecule has 1 aromatic rings. The van der Waals surface area contributed by atoms with Gasteiger partial charge in [0.1, 0.15) is 11.2 Å². The Bertz CT molecular complexity index is 439. The monoisotopic (exact) mass is 248 g/mol. The van der Waals surface area contributed by atoms with Crippen LogP contribution in [-0.2, 0) is 4.79 Å². The molecule has 0 bridgehead atoms. The zero-order valence-corrected chi connectivity index (χ0v) is 10.1. The molecule has 0 saturated heterocycles. The van der Waals surface area contributed by atoms with Crippen molar-refractivity contribution < 1.29 is 14.7 Å². The molecule has 1 saturated carbocycles. The summed E-state index contributed by atoms with van der Waals surface area (Å²) in [7, 11) is 0. The topological polar surface area (TPSA) is 79.3 Å². The summed E-state index contributed by atoms with van der Waals surface area (Å²) in [5.41, 5.74) is -0.865. The molecule has 0 aromatic carbocycles. The van der Waals surface area contributed by atoms with E-state index in [9.17, 15) is 14.7 Å². The Kier molecular flexibility index (Phi) is 3.60. The molecule has 0 atom stereocenters. The lowest BCUT2D eigenvalue weighted by atomic mass is 9.81. The Morgan fingerprint density at radius 2 is 1.94 bits per heavy atom. The number of hydrogen-bond acceptors (Lipinski definition) is 3. The van der Waals surface area contributed by atoms with E-state index in [0.29, 0.717) is 12.8 Å². The first-order valence-corrected chi connectivity index (χ1v) is 6.11. The number of amides is 1. The lowest BCUT2D eigenvalue weighted by Crippen LogP contribution is -2.55. The summed E-state index contributed by atoms with van der Waals surface area (Å²) in [5, 5.41) is 12.0. The molecule has 0 unspecified atom stereocenters. The molecule has 0 spiro atoms. The van der Waals surface area contributed by atoms with Crippen molar-refractivity contribution in [3.8, 4) is 0 Å². The molecular formula is C13H16N2O3. The quantitative estimate of drug-likeness (QED) is 0.851. The first kappa shape index (κ1) is 12.5. The number of aromatic nitrogens is 1. The van der Waals surface area contributed by atoms with E-state index in [1.807, 2.05) is 0 Å². The van der Waals surface area contributed by atoms with E-state index >= 15 is 0 Å². The maximum atomic E-state index is 12.0. The van der Waals surface area contributed by atoms with Crippen molar-refractivity contribution in [2.75, 3.05) is 0 Å². The SMILES string of the molecule is O=C(NC1(C(=O)O)CCCCC1)c1ccccn1. The van der Waals surface area contributed by atoms with Crippen LogP contribution in [0, 0.1) is 0 Å². The van der Waals surface area contributed by atoms with Gasteiger partial charge < -0.3 is 10.4 Å². The van der Waals surface area contributed by atoms with Crippen LogP contribution in [0.3, 0.4) is 0 Å². The highest BCUT2D eigenvalue weighted by molar-refractivity contribution is 5.96. The van der Waals surface area contributed by atoms with Gasteiger partial charge in [0.2, 0.25) is 0 Å². The second kappa shape index (κ2) is 5.16. The average molecular weight is 248 g/mol. The van der Waals surface area contributed by atoms with Gasteiger partial charge in [0.05, 0.1) is 0 Å². The molecule has 1 heterocycles. The molecule has 5 heteroatoms. The number of aliphatic carboxylic acids is 1. The normalized spacial score (nSPS) is 18.0. The number of rotatable bonds is 3. The van der Waals surface area contributed by atoms with Gasteiger partial charge in [0.25, 0.3) is 5.91 Å². The van der Waals surface area contributed by atoms with Crippen molar-refractivity contribution in [1.82, 2.24) is 10.3 Å². The third-order valence-corrected chi connectivity index (χ3v) is 3.37. The smallest absolute Gasteiger partial charge is 0.329 e. The summed E-state index contributed by atoms with van der Waals surface area (Å²) >= 11 is 0. The maximum absolute atomic E-state index is 12.0. The van der Waals surface area contributed by atoms with Crippen LogP contribution in [-0.4, -0.2) is 27.5 Å². The minimum absolute atomic E-state index is 0.253. The second-order valence-corrected chi connectivity index (χ2v) is 4.62. The van der Waals surface area contributed by atoms with Gasteiger partial charge in [-0.2, -0.15) is 0 Å². The van der Waals surface area contributed by atoms with Gasteiger partial charge in [-0.05, 0) is 25.0 Å². The van der Waals surface area contributed by atoms with Crippen molar-refractivity contribution >= 4 is 11.9 Å². The minimum atomic E-state index is -1.12. The average Bonchev–Trinajstić information content (AvgIpc) is 2.40. The van der Waals surface area contributed by atoms with Crippen LogP contribution in [0.1, 0.15) is 42.6 Å². The predicted molar refractivity (Wildman–Crippen MR) is 65.2 cm³/mol. The van der Waals surface area contributed by atoms with Gasteiger partial charge in [0.15, 0.2) is 0 Å². The van der Waals surface area contributed by atoms with E-state index in [2.05, 4.69) is 10.3 Å². The number of nitrogens with zero attached hydrogens (tertiary/aromatic N) is 1. The number of carboxylic acid groups (broad SMARTS) is 1. The van der Waals surface area contributed by atoms with E-state index in [1.165, 1.54) is 6.20 Å². The van der Waals surface area contributed by atoms with Crippen LogP contribution in [0.5, 0.6) is 0 Å². The summed E-state index contributed by atoms with van der Waals surface area (Å²) in [6.45, 7) is 0. The van der Waals surface area contributed by atoms with Crippen LogP contribution in [0.25, 0.3) is 0 Å². The van der Waals surface area contributed by atoms with E-state index in [1.54, 1.807) is 18.2 Å². The van der Waals surface area contributed by atoms with Crippen molar-refractivity contribution in [2.45, 2.75) is 37.6 Å². The Morgan fingerprint density at radius 3 is 2.50 bits per heavy atom. The van der Waals surface area contributed by atoms with Gasteiger partial charge >= 0.3 is 5.97 Å². The van der Waals surface area contributed by atoms with Crippen molar-refractivity contribution in [1.29, 1.82) is 0 Å². The molecular weight excluding hydrogens is 232 g/mol. The lowest BCUT2D eigenvalue weighted by molar-refractivity contribution is -0.145. The van der Waals surface area contributed by atoms with Crippen LogP contribution >= 0.6 is 0 Å². The molecule has 1 fully saturated rings. The fraction of sp³-hybridized carbons (Fsp3) is 0.462. The molecule has 1 aliphatic rings. The summed E-state index contributed by atoms with van der Waals surface area (Å²) in [6.07, 6.45) is 5.17. The highest BCUT2D eigenvalue weighted by Crippen LogP contribution is 2.28. The first-order chi connectivity index (χ1) is 8.64. The van der Waals surface area contributed by atoms with Crippen LogP contribution in [0.2, 0.25) is 0 Å². The van der Waals surface area contributed by atoms with Crippen LogP contribution in [0.4, 0.5) is 0 Å². The Labute approximate surface area is 105 Å². The molecule has 1 aliphatic carbocycles. The summed E-state index contributed by atoms with van der Waals surface area (Å²) in [6, 6.07) is 4.99. The number of carbonyl (C=O) groups is 2. The molecule has 1 amide bonds. The summed E-state index contributed by atoms with van der Waals surface area (Å²) < 4.78 is 0. The number of hydrogen-bond donors (Lipinski definition) is 2. The minimum Gasteiger partial charge on any atom is -0.480 e. The van der Waals surface area contributed by atoms with Gasteiger partial charge in [0, 0.05) is 6.20 Å². The molecule has 5 nitrogen and oxygen atoms in total. The molecule has 18 heavy (non-hydrogen) atoms. The highest BCUT2D eigenvalue weighted by Gasteiger charge is 2.41. The molecule has 1 aromatic heterocycles. The van der Waals surface area contributed by atoms with Crippen molar-refractivity contribution in [2.24, 2.45) is 0 Å². The number of nitrogens with one attached hydrogen (secondary N) is 1. The van der Waals surface area contributed by atoms with Gasteiger partial charge in [-0.15, -0.1) is 0 Å². The zero-order valence-electron chi connectivity index (χ0n) is 10.1. The number of carboxylic acids is 1. The molecule has 2 N–H and O–H groups in total. The number of pyridine rings is 1. The van der Waals surface area contributed by atoms with E-state index in [0.717, 1.165) is 19.3 Å². The van der Waals surface area contributed by atoms with Gasteiger partial charge in [-0.3, -0.25) is 9.78 Å². The van der Waals surface area contributed by atoms with Gasteiger partial charge in [-0.1, -0.05) is 25.3 Å². The second-order valence-electron chi connectivity index (χ2n) is 4.62. The fourth-order valence-corrected chi connectivity index (χ4v) is 2.33.